The third-order valence-electron chi connectivity index (χ3n) is 4.41. The zero-order valence-corrected chi connectivity index (χ0v) is 17.6. The van der Waals surface area contributed by atoms with Gasteiger partial charge in [0.05, 0.1) is 5.69 Å². The highest BCUT2D eigenvalue weighted by atomic mass is 79.9. The highest BCUT2D eigenvalue weighted by molar-refractivity contribution is 9.10. The lowest BCUT2D eigenvalue weighted by atomic mass is 10.1. The quantitative estimate of drug-likeness (QED) is 0.473. The average molecular weight is 451 g/mol. The Morgan fingerprint density at radius 1 is 1.00 bits per heavy atom. The van der Waals surface area contributed by atoms with Gasteiger partial charge in [0.15, 0.2) is 6.61 Å². The Kier molecular flexibility index (Phi) is 5.31. The molecule has 0 saturated heterocycles. The predicted octanol–water partition coefficient (Wildman–Crippen LogP) is 4.82. The molecule has 146 valence electrons. The molecule has 0 bridgehead atoms. The first-order valence-electron chi connectivity index (χ1n) is 9.11. The first kappa shape index (κ1) is 19.1. The van der Waals surface area contributed by atoms with Crippen molar-refractivity contribution in [2.45, 2.75) is 13.8 Å². The van der Waals surface area contributed by atoms with E-state index in [-0.39, 0.29) is 12.5 Å². The van der Waals surface area contributed by atoms with Crippen LogP contribution in [0.15, 0.2) is 65.1 Å². The number of nitrogens with one attached hydrogen (secondary N) is 1. The zero-order valence-electron chi connectivity index (χ0n) is 16.0. The van der Waals surface area contributed by atoms with Crippen LogP contribution in [0, 0.1) is 13.8 Å². The minimum atomic E-state index is -0.232. The lowest BCUT2D eigenvalue weighted by Crippen LogP contribution is -2.20. The molecule has 0 aliphatic rings. The van der Waals surface area contributed by atoms with E-state index >= 15 is 0 Å². The van der Waals surface area contributed by atoms with Gasteiger partial charge in [0.1, 0.15) is 16.8 Å². The standard InChI is InChI=1S/C22H19BrN4O2/c1-14-3-10-21(15(2)11-14)29-13-22(28)24-17-6-9-19-20(12-17)26-27(25-19)18-7-4-16(23)5-8-18/h3-12H,13H2,1-2H3,(H,24,28). The maximum atomic E-state index is 12.3. The number of halogens is 1. The van der Waals surface area contributed by atoms with E-state index in [1.807, 2.05) is 62.4 Å². The summed E-state index contributed by atoms with van der Waals surface area (Å²) >= 11 is 3.42. The number of ether oxygens (including phenoxy) is 1. The summed E-state index contributed by atoms with van der Waals surface area (Å²) in [5, 5.41) is 11.8. The molecule has 7 heteroatoms. The van der Waals surface area contributed by atoms with Crippen molar-refractivity contribution < 1.29 is 9.53 Å². The van der Waals surface area contributed by atoms with Crippen molar-refractivity contribution >= 4 is 38.6 Å². The van der Waals surface area contributed by atoms with Crippen molar-refractivity contribution in [3.8, 4) is 11.4 Å². The molecule has 4 aromatic rings. The average Bonchev–Trinajstić information content (AvgIpc) is 3.11. The number of aryl methyl sites for hydroxylation is 2. The Morgan fingerprint density at radius 3 is 2.52 bits per heavy atom. The lowest BCUT2D eigenvalue weighted by molar-refractivity contribution is -0.118. The second-order valence-corrected chi connectivity index (χ2v) is 7.69. The molecule has 0 aliphatic heterocycles. The van der Waals surface area contributed by atoms with Gasteiger partial charge in [-0.1, -0.05) is 33.6 Å². The Bertz CT molecular complexity index is 1190. The van der Waals surface area contributed by atoms with Gasteiger partial charge in [0, 0.05) is 10.2 Å². The van der Waals surface area contributed by atoms with Crippen LogP contribution in [0.5, 0.6) is 5.75 Å². The van der Waals surface area contributed by atoms with Gasteiger partial charge in [-0.25, -0.2) is 0 Å². The number of anilines is 1. The second-order valence-electron chi connectivity index (χ2n) is 6.78. The summed E-state index contributed by atoms with van der Waals surface area (Å²) < 4.78 is 6.63. The molecule has 0 saturated carbocycles. The Labute approximate surface area is 176 Å². The third-order valence-corrected chi connectivity index (χ3v) is 4.94. The molecule has 6 nitrogen and oxygen atoms in total. The van der Waals surface area contributed by atoms with Crippen molar-refractivity contribution in [3.05, 3.63) is 76.3 Å². The number of fused-ring (bicyclic) bond motifs is 1. The fourth-order valence-electron chi connectivity index (χ4n) is 2.98. The van der Waals surface area contributed by atoms with Crippen LogP contribution in [0.25, 0.3) is 16.7 Å². The molecule has 1 aromatic heterocycles. The molecule has 0 aliphatic carbocycles. The van der Waals surface area contributed by atoms with Gasteiger partial charge < -0.3 is 10.1 Å². The minimum absolute atomic E-state index is 0.0620. The maximum Gasteiger partial charge on any atom is 0.262 e. The molecule has 3 aromatic carbocycles. The number of aromatic nitrogens is 3. The van der Waals surface area contributed by atoms with Gasteiger partial charge in [0.2, 0.25) is 0 Å². The van der Waals surface area contributed by atoms with Crippen molar-refractivity contribution in [1.82, 2.24) is 15.0 Å². The van der Waals surface area contributed by atoms with E-state index in [4.69, 9.17) is 4.74 Å². The largest absolute Gasteiger partial charge is 0.483 e. The fraction of sp³-hybridized carbons (Fsp3) is 0.136. The number of rotatable bonds is 5. The Hall–Kier alpha value is -3.19. The number of benzene rings is 3. The van der Waals surface area contributed by atoms with Gasteiger partial charge >= 0.3 is 0 Å². The summed E-state index contributed by atoms with van der Waals surface area (Å²) in [7, 11) is 0. The van der Waals surface area contributed by atoms with Crippen LogP contribution in [0.3, 0.4) is 0 Å². The third kappa shape index (κ3) is 4.46. The summed E-state index contributed by atoms with van der Waals surface area (Å²) in [4.78, 5) is 13.9. The SMILES string of the molecule is Cc1ccc(OCC(=O)Nc2ccc3nn(-c4ccc(Br)cc4)nc3c2)c(C)c1. The van der Waals surface area contributed by atoms with Crippen molar-refractivity contribution in [1.29, 1.82) is 0 Å². The molecular weight excluding hydrogens is 432 g/mol. The normalized spacial score (nSPS) is 10.9. The molecule has 0 unspecified atom stereocenters. The molecule has 0 spiro atoms. The number of hydrogen-bond donors (Lipinski definition) is 1. The predicted molar refractivity (Wildman–Crippen MR) is 117 cm³/mol. The molecule has 0 fully saturated rings. The fourth-order valence-corrected chi connectivity index (χ4v) is 3.25. The Balaban J connectivity index is 1.45. The number of carbonyl (C=O) groups excluding carboxylic acids is 1. The van der Waals surface area contributed by atoms with Crippen LogP contribution >= 0.6 is 15.9 Å². The number of nitrogens with zero attached hydrogens (tertiary/aromatic N) is 3. The van der Waals surface area contributed by atoms with E-state index in [0.717, 1.165) is 26.8 Å². The number of amides is 1. The summed E-state index contributed by atoms with van der Waals surface area (Å²) in [6, 6.07) is 19.0. The lowest BCUT2D eigenvalue weighted by Gasteiger charge is -2.10. The van der Waals surface area contributed by atoms with E-state index in [9.17, 15) is 4.79 Å². The summed E-state index contributed by atoms with van der Waals surface area (Å²) in [6.07, 6.45) is 0. The van der Waals surface area contributed by atoms with Crippen LogP contribution in [-0.2, 0) is 4.79 Å². The van der Waals surface area contributed by atoms with Gasteiger partial charge in [-0.3, -0.25) is 4.79 Å². The minimum Gasteiger partial charge on any atom is -0.483 e. The first-order chi connectivity index (χ1) is 14.0. The number of hydrogen-bond acceptors (Lipinski definition) is 4. The molecule has 1 amide bonds. The molecule has 4 rings (SSSR count). The summed E-state index contributed by atoms with van der Waals surface area (Å²) in [5.74, 6) is 0.475. The van der Waals surface area contributed by atoms with E-state index < -0.39 is 0 Å². The Morgan fingerprint density at radius 2 is 1.76 bits per heavy atom. The highest BCUT2D eigenvalue weighted by Gasteiger charge is 2.09. The van der Waals surface area contributed by atoms with E-state index in [0.29, 0.717) is 17.0 Å². The second kappa shape index (κ2) is 8.05. The van der Waals surface area contributed by atoms with Crippen LogP contribution < -0.4 is 10.1 Å². The van der Waals surface area contributed by atoms with Crippen LogP contribution in [0.1, 0.15) is 11.1 Å². The smallest absolute Gasteiger partial charge is 0.262 e. The molecule has 29 heavy (non-hydrogen) atoms. The van der Waals surface area contributed by atoms with Crippen LogP contribution in [0.2, 0.25) is 0 Å². The summed E-state index contributed by atoms with van der Waals surface area (Å²) in [5.41, 5.74) is 5.11. The van der Waals surface area contributed by atoms with Crippen molar-refractivity contribution in [3.63, 3.8) is 0 Å². The highest BCUT2D eigenvalue weighted by Crippen LogP contribution is 2.20. The first-order valence-corrected chi connectivity index (χ1v) is 9.90. The van der Waals surface area contributed by atoms with E-state index in [1.165, 1.54) is 0 Å². The van der Waals surface area contributed by atoms with Gasteiger partial charge in [-0.05, 0) is 67.9 Å². The molecule has 0 atom stereocenters. The molecule has 0 radical (unpaired) electrons. The van der Waals surface area contributed by atoms with Crippen molar-refractivity contribution in [2.24, 2.45) is 0 Å². The summed E-state index contributed by atoms with van der Waals surface area (Å²) in [6.45, 7) is 3.92. The van der Waals surface area contributed by atoms with Crippen LogP contribution in [0.4, 0.5) is 5.69 Å². The van der Waals surface area contributed by atoms with Gasteiger partial charge in [-0.15, -0.1) is 10.2 Å². The van der Waals surface area contributed by atoms with Crippen molar-refractivity contribution in [2.75, 3.05) is 11.9 Å². The topological polar surface area (TPSA) is 69.0 Å². The van der Waals surface area contributed by atoms with Gasteiger partial charge in [0.25, 0.3) is 5.91 Å². The maximum absolute atomic E-state index is 12.3. The zero-order chi connectivity index (χ0) is 20.4. The number of carbonyl (C=O) groups is 1. The van der Waals surface area contributed by atoms with E-state index in [1.54, 1.807) is 16.9 Å². The molecular formula is C22H19BrN4O2. The van der Waals surface area contributed by atoms with E-state index in [2.05, 4.69) is 31.4 Å². The monoisotopic (exact) mass is 450 g/mol. The molecule has 1 N–H and O–H groups in total. The molecule has 1 heterocycles. The van der Waals surface area contributed by atoms with Crippen LogP contribution in [-0.4, -0.2) is 27.5 Å². The van der Waals surface area contributed by atoms with Gasteiger partial charge in [-0.2, -0.15) is 4.80 Å².